The lowest BCUT2D eigenvalue weighted by Gasteiger charge is -2.12. The van der Waals surface area contributed by atoms with E-state index in [2.05, 4.69) is 35.9 Å². The minimum atomic E-state index is -4.67. The van der Waals surface area contributed by atoms with Crippen LogP contribution in [0.15, 0.2) is 24.8 Å². The standard InChI is InChI=1S/C12H10F3N9O/c1-2-23-11(20-21-22-23)19-10(25)7-3-4-8(12(13,14)15)18-9(7)24-6-16-5-17-24/h3-6H,2H2,1H3,(H,19,20,22,25). The Morgan fingerprint density at radius 3 is 2.76 bits per heavy atom. The topological polar surface area (TPSA) is 116 Å². The van der Waals surface area contributed by atoms with E-state index in [-0.39, 0.29) is 17.3 Å². The van der Waals surface area contributed by atoms with Crippen LogP contribution in [0.4, 0.5) is 19.1 Å². The number of carbonyl (C=O) groups excluding carboxylic acids is 1. The predicted molar refractivity (Wildman–Crippen MR) is 75.6 cm³/mol. The van der Waals surface area contributed by atoms with Crippen molar-refractivity contribution in [1.29, 1.82) is 0 Å². The van der Waals surface area contributed by atoms with Crippen LogP contribution in [0, 0.1) is 0 Å². The molecule has 0 fully saturated rings. The summed E-state index contributed by atoms with van der Waals surface area (Å²) in [5.41, 5.74) is -1.31. The van der Waals surface area contributed by atoms with E-state index < -0.39 is 17.8 Å². The molecule has 0 unspecified atom stereocenters. The quantitative estimate of drug-likeness (QED) is 0.742. The number of rotatable bonds is 4. The summed E-state index contributed by atoms with van der Waals surface area (Å²) in [5, 5.41) is 16.9. The number of nitrogens with one attached hydrogen (secondary N) is 1. The number of alkyl halides is 3. The summed E-state index contributed by atoms with van der Waals surface area (Å²) in [6, 6.07) is 1.71. The zero-order valence-electron chi connectivity index (χ0n) is 12.6. The van der Waals surface area contributed by atoms with E-state index in [0.29, 0.717) is 12.6 Å². The average molecular weight is 353 g/mol. The first-order valence-corrected chi connectivity index (χ1v) is 6.91. The zero-order valence-corrected chi connectivity index (χ0v) is 12.6. The molecule has 3 aromatic rings. The molecule has 25 heavy (non-hydrogen) atoms. The molecule has 10 nitrogen and oxygen atoms in total. The minimum absolute atomic E-state index is 0.0527. The van der Waals surface area contributed by atoms with Gasteiger partial charge in [-0.25, -0.2) is 19.3 Å². The van der Waals surface area contributed by atoms with Crippen LogP contribution in [0.1, 0.15) is 23.0 Å². The molecule has 0 aliphatic rings. The van der Waals surface area contributed by atoms with Crippen LogP contribution in [0.2, 0.25) is 0 Å². The Morgan fingerprint density at radius 2 is 2.12 bits per heavy atom. The molecule has 0 saturated carbocycles. The van der Waals surface area contributed by atoms with E-state index in [4.69, 9.17) is 0 Å². The number of hydrogen-bond acceptors (Lipinski definition) is 7. The van der Waals surface area contributed by atoms with Crippen LogP contribution in [0.5, 0.6) is 0 Å². The number of anilines is 1. The molecule has 0 aliphatic carbocycles. The molecular formula is C12H10F3N9O. The maximum absolute atomic E-state index is 12.9. The summed E-state index contributed by atoms with van der Waals surface area (Å²) < 4.78 is 41.0. The van der Waals surface area contributed by atoms with Gasteiger partial charge < -0.3 is 0 Å². The Bertz CT molecular complexity index is 888. The first-order valence-electron chi connectivity index (χ1n) is 6.91. The molecule has 3 rings (SSSR count). The largest absolute Gasteiger partial charge is 0.433 e. The molecule has 0 atom stereocenters. The number of pyridine rings is 1. The summed E-state index contributed by atoms with van der Waals surface area (Å²) >= 11 is 0. The van der Waals surface area contributed by atoms with Crippen molar-refractivity contribution in [2.24, 2.45) is 0 Å². The number of amides is 1. The summed E-state index contributed by atoms with van der Waals surface area (Å²) in [5.74, 6) is -1.01. The number of aryl methyl sites for hydroxylation is 1. The molecular weight excluding hydrogens is 343 g/mol. The van der Waals surface area contributed by atoms with Crippen molar-refractivity contribution in [3.63, 3.8) is 0 Å². The molecule has 130 valence electrons. The van der Waals surface area contributed by atoms with Crippen molar-refractivity contribution in [2.75, 3.05) is 5.32 Å². The Labute approximate surface area is 137 Å². The summed E-state index contributed by atoms with van der Waals surface area (Å²) in [4.78, 5) is 19.6. The van der Waals surface area contributed by atoms with E-state index in [9.17, 15) is 18.0 Å². The smallest absolute Gasteiger partial charge is 0.289 e. The third kappa shape index (κ3) is 3.29. The second-order valence-corrected chi connectivity index (χ2v) is 4.68. The molecule has 1 amide bonds. The highest BCUT2D eigenvalue weighted by Gasteiger charge is 2.34. The van der Waals surface area contributed by atoms with Crippen LogP contribution >= 0.6 is 0 Å². The van der Waals surface area contributed by atoms with Crippen molar-refractivity contribution in [1.82, 2.24) is 40.0 Å². The molecule has 1 N–H and O–H groups in total. The Balaban J connectivity index is 2.01. The molecule has 0 aromatic carbocycles. The molecule has 0 bridgehead atoms. The van der Waals surface area contributed by atoms with Crippen molar-refractivity contribution in [3.8, 4) is 5.82 Å². The lowest BCUT2D eigenvalue weighted by Crippen LogP contribution is -2.21. The lowest BCUT2D eigenvalue weighted by atomic mass is 10.2. The molecule has 13 heteroatoms. The molecule has 0 aliphatic heterocycles. The minimum Gasteiger partial charge on any atom is -0.289 e. The Hall–Kier alpha value is -3.38. The summed E-state index contributed by atoms with van der Waals surface area (Å²) in [7, 11) is 0. The van der Waals surface area contributed by atoms with Crippen LogP contribution in [-0.2, 0) is 12.7 Å². The number of halogens is 3. The van der Waals surface area contributed by atoms with Crippen LogP contribution in [0.3, 0.4) is 0 Å². The second kappa shape index (κ2) is 6.26. The molecule has 3 heterocycles. The fourth-order valence-electron chi connectivity index (χ4n) is 1.95. The fraction of sp³-hybridized carbons (Fsp3) is 0.250. The van der Waals surface area contributed by atoms with E-state index in [1.165, 1.54) is 4.68 Å². The van der Waals surface area contributed by atoms with E-state index >= 15 is 0 Å². The number of carbonyl (C=O) groups is 1. The summed E-state index contributed by atoms with van der Waals surface area (Å²) in [6.07, 6.45) is -2.42. The Kier molecular flexibility index (Phi) is 4.12. The van der Waals surface area contributed by atoms with Crippen LogP contribution in [-0.4, -0.2) is 45.9 Å². The van der Waals surface area contributed by atoms with Gasteiger partial charge in [-0.1, -0.05) is 5.10 Å². The van der Waals surface area contributed by atoms with Gasteiger partial charge in [0.05, 0.1) is 5.56 Å². The second-order valence-electron chi connectivity index (χ2n) is 4.68. The van der Waals surface area contributed by atoms with Crippen LogP contribution < -0.4 is 5.32 Å². The highest BCUT2D eigenvalue weighted by atomic mass is 19.4. The van der Waals surface area contributed by atoms with Gasteiger partial charge in [0.25, 0.3) is 5.91 Å². The normalized spacial score (nSPS) is 11.5. The first kappa shape index (κ1) is 16.5. The van der Waals surface area contributed by atoms with Gasteiger partial charge >= 0.3 is 6.18 Å². The van der Waals surface area contributed by atoms with Crippen LogP contribution in [0.25, 0.3) is 5.82 Å². The average Bonchev–Trinajstić information content (AvgIpc) is 3.24. The number of aromatic nitrogens is 8. The van der Waals surface area contributed by atoms with E-state index in [1.807, 2.05) is 0 Å². The van der Waals surface area contributed by atoms with Gasteiger partial charge in [-0.2, -0.15) is 18.3 Å². The third-order valence-corrected chi connectivity index (χ3v) is 3.10. The first-order chi connectivity index (χ1) is 11.9. The van der Waals surface area contributed by atoms with Gasteiger partial charge in [0.15, 0.2) is 5.82 Å². The van der Waals surface area contributed by atoms with Gasteiger partial charge in [-0.05, 0) is 29.5 Å². The van der Waals surface area contributed by atoms with Gasteiger partial charge in [-0.3, -0.25) is 10.1 Å². The number of tetrazole rings is 1. The SMILES string of the molecule is CCn1nnnc1NC(=O)c1ccc(C(F)(F)F)nc1-n1cncn1. The molecule has 0 radical (unpaired) electrons. The van der Waals surface area contributed by atoms with Gasteiger partial charge in [-0.15, -0.1) is 0 Å². The highest BCUT2D eigenvalue weighted by Crippen LogP contribution is 2.29. The van der Waals surface area contributed by atoms with E-state index in [0.717, 1.165) is 23.4 Å². The van der Waals surface area contributed by atoms with E-state index in [1.54, 1.807) is 6.92 Å². The van der Waals surface area contributed by atoms with Gasteiger partial charge in [0.1, 0.15) is 18.3 Å². The van der Waals surface area contributed by atoms with Crippen molar-refractivity contribution in [2.45, 2.75) is 19.6 Å². The number of hydrogen-bond donors (Lipinski definition) is 1. The highest BCUT2D eigenvalue weighted by molar-refractivity contribution is 6.05. The third-order valence-electron chi connectivity index (χ3n) is 3.10. The maximum atomic E-state index is 12.9. The lowest BCUT2D eigenvalue weighted by molar-refractivity contribution is -0.141. The van der Waals surface area contributed by atoms with Gasteiger partial charge in [0, 0.05) is 6.54 Å². The molecule has 0 spiro atoms. The molecule has 0 saturated heterocycles. The van der Waals surface area contributed by atoms with Crippen molar-refractivity contribution >= 4 is 11.9 Å². The van der Waals surface area contributed by atoms with Crippen molar-refractivity contribution in [3.05, 3.63) is 36.0 Å². The number of nitrogens with zero attached hydrogens (tertiary/aromatic N) is 8. The Morgan fingerprint density at radius 1 is 1.32 bits per heavy atom. The maximum Gasteiger partial charge on any atom is 0.433 e. The van der Waals surface area contributed by atoms with Crippen molar-refractivity contribution < 1.29 is 18.0 Å². The monoisotopic (exact) mass is 353 g/mol. The fourth-order valence-corrected chi connectivity index (χ4v) is 1.95. The zero-order chi connectivity index (χ0) is 18.0. The predicted octanol–water partition coefficient (Wildman–Crippen LogP) is 0.940. The molecule has 3 aromatic heterocycles. The van der Waals surface area contributed by atoms with Gasteiger partial charge in [0.2, 0.25) is 5.95 Å². The summed E-state index contributed by atoms with van der Waals surface area (Å²) in [6.45, 7) is 2.15.